The lowest BCUT2D eigenvalue weighted by Crippen LogP contribution is -2.36. The number of nitrogens with zero attached hydrogens (tertiary/aromatic N) is 4. The molecule has 2 atom stereocenters. The Morgan fingerprint density at radius 2 is 2.04 bits per heavy atom. The third kappa shape index (κ3) is 4.14. The number of nitrogens with one attached hydrogen (secondary N) is 1. The maximum absolute atomic E-state index is 9.41. The van der Waals surface area contributed by atoms with E-state index in [1.54, 1.807) is 0 Å². The van der Waals surface area contributed by atoms with E-state index >= 15 is 0 Å². The first-order chi connectivity index (χ1) is 13.6. The highest BCUT2D eigenvalue weighted by Crippen LogP contribution is 2.35. The highest BCUT2D eigenvalue weighted by Gasteiger charge is 2.26. The summed E-state index contributed by atoms with van der Waals surface area (Å²) >= 11 is 6.46. The molecule has 0 radical (unpaired) electrons. The smallest absolute Gasteiger partial charge is 0.223 e. The summed E-state index contributed by atoms with van der Waals surface area (Å²) in [7, 11) is 0. The van der Waals surface area contributed by atoms with Crippen LogP contribution in [0.3, 0.4) is 0 Å². The van der Waals surface area contributed by atoms with Gasteiger partial charge in [0.1, 0.15) is 16.8 Å². The van der Waals surface area contributed by atoms with Gasteiger partial charge in [-0.2, -0.15) is 4.98 Å². The number of aliphatic hydroxyl groups excluding tert-OH is 1. The van der Waals surface area contributed by atoms with Crippen LogP contribution >= 0.6 is 11.6 Å². The highest BCUT2D eigenvalue weighted by molar-refractivity contribution is 6.32. The van der Waals surface area contributed by atoms with E-state index in [9.17, 15) is 5.11 Å². The zero-order valence-corrected chi connectivity index (χ0v) is 16.4. The summed E-state index contributed by atoms with van der Waals surface area (Å²) in [6, 6.07) is 6.06. The number of rotatable bonds is 5. The number of ether oxygens (including phenoxy) is 1. The summed E-state index contributed by atoms with van der Waals surface area (Å²) < 4.78 is 5.43. The van der Waals surface area contributed by atoms with E-state index in [0.717, 1.165) is 38.2 Å². The Labute approximate surface area is 169 Å². The number of pyridine rings is 1. The van der Waals surface area contributed by atoms with E-state index in [1.165, 1.54) is 0 Å². The molecule has 0 unspecified atom stereocenters. The fraction of sp³-hybridized carbons (Fsp3) is 0.526. The molecule has 0 amide bonds. The van der Waals surface area contributed by atoms with Crippen molar-refractivity contribution in [2.45, 2.75) is 25.3 Å². The third-order valence-electron chi connectivity index (χ3n) is 5.35. The molecule has 1 aliphatic carbocycles. The van der Waals surface area contributed by atoms with E-state index in [2.05, 4.69) is 20.2 Å². The Morgan fingerprint density at radius 3 is 2.79 bits per heavy atom. The number of hydrogen-bond donors (Lipinski definition) is 3. The second kappa shape index (κ2) is 8.46. The molecule has 4 rings (SSSR count). The molecule has 1 saturated carbocycles. The first-order valence-electron chi connectivity index (χ1n) is 9.64. The summed E-state index contributed by atoms with van der Waals surface area (Å²) in [5.74, 6) is 1.91. The van der Waals surface area contributed by atoms with Gasteiger partial charge >= 0.3 is 0 Å². The van der Waals surface area contributed by atoms with Crippen LogP contribution in [0.1, 0.15) is 19.3 Å². The average molecular weight is 405 g/mol. The number of aromatic nitrogens is 3. The zero-order chi connectivity index (χ0) is 19.5. The molecule has 2 fully saturated rings. The summed E-state index contributed by atoms with van der Waals surface area (Å²) in [6.45, 7) is 3.20. The molecule has 28 heavy (non-hydrogen) atoms. The quantitative estimate of drug-likeness (QED) is 0.650. The Kier molecular flexibility index (Phi) is 5.79. The van der Waals surface area contributed by atoms with Gasteiger partial charge in [0.25, 0.3) is 0 Å². The zero-order valence-electron chi connectivity index (χ0n) is 15.6. The van der Waals surface area contributed by atoms with E-state index < -0.39 is 0 Å². The number of anilines is 3. The van der Waals surface area contributed by atoms with Crippen molar-refractivity contribution in [2.75, 3.05) is 48.9 Å². The van der Waals surface area contributed by atoms with E-state index in [0.29, 0.717) is 36.2 Å². The van der Waals surface area contributed by atoms with Crippen LogP contribution in [0.4, 0.5) is 17.6 Å². The minimum Gasteiger partial charge on any atom is -0.396 e. The lowest BCUT2D eigenvalue weighted by molar-refractivity contribution is 0.122. The van der Waals surface area contributed by atoms with Crippen LogP contribution in [-0.4, -0.2) is 59.0 Å². The summed E-state index contributed by atoms with van der Waals surface area (Å²) in [6.07, 6.45) is 2.84. The molecular weight excluding hydrogens is 380 g/mol. The molecule has 150 valence electrons. The summed E-state index contributed by atoms with van der Waals surface area (Å²) in [5, 5.41) is 13.1. The molecule has 1 saturated heterocycles. The molecule has 4 N–H and O–H groups in total. The van der Waals surface area contributed by atoms with Crippen LogP contribution in [-0.2, 0) is 4.74 Å². The van der Waals surface area contributed by atoms with E-state index in [1.807, 2.05) is 18.2 Å². The van der Waals surface area contributed by atoms with Gasteiger partial charge in [0.2, 0.25) is 5.95 Å². The normalized spacial score (nSPS) is 22.4. The largest absolute Gasteiger partial charge is 0.396 e. The predicted molar refractivity (Wildman–Crippen MR) is 110 cm³/mol. The SMILES string of the molecule is Nc1nc(Cl)c(-c2cccc(N3CCOCC3)n2)c(N[C@H]2CC[C@@H](CO)C2)n1. The molecule has 2 aromatic rings. The van der Waals surface area contributed by atoms with Crippen LogP contribution in [0.25, 0.3) is 11.3 Å². The Balaban J connectivity index is 1.65. The molecule has 8 nitrogen and oxygen atoms in total. The minimum absolute atomic E-state index is 0.122. The van der Waals surface area contributed by atoms with E-state index in [4.69, 9.17) is 27.1 Å². The maximum Gasteiger partial charge on any atom is 0.223 e. The second-order valence-corrected chi connectivity index (χ2v) is 7.64. The Bertz CT molecular complexity index is 830. The summed E-state index contributed by atoms with van der Waals surface area (Å²) in [4.78, 5) is 15.5. The van der Waals surface area contributed by atoms with Crippen LogP contribution < -0.4 is 16.0 Å². The fourth-order valence-corrected chi connectivity index (χ4v) is 4.15. The first-order valence-corrected chi connectivity index (χ1v) is 10.0. The molecule has 3 heterocycles. The fourth-order valence-electron chi connectivity index (χ4n) is 3.88. The van der Waals surface area contributed by atoms with Crippen molar-refractivity contribution >= 4 is 29.2 Å². The van der Waals surface area contributed by atoms with Crippen molar-refractivity contribution in [3.63, 3.8) is 0 Å². The van der Waals surface area contributed by atoms with Gasteiger partial charge in [0.05, 0.1) is 24.5 Å². The van der Waals surface area contributed by atoms with Gasteiger partial charge in [0.15, 0.2) is 0 Å². The predicted octanol–water partition coefficient (Wildman–Crippen LogP) is 2.18. The first kappa shape index (κ1) is 19.2. The number of nitrogen functional groups attached to an aromatic ring is 1. The topological polar surface area (TPSA) is 109 Å². The van der Waals surface area contributed by atoms with Gasteiger partial charge in [0, 0.05) is 25.7 Å². The lowest BCUT2D eigenvalue weighted by Gasteiger charge is -2.28. The minimum atomic E-state index is 0.122. The standard InChI is InChI=1S/C19H25ClN6O2/c20-17-16(14-2-1-3-15(23-14)26-6-8-28-9-7-26)18(25-19(21)24-17)22-13-5-4-12(10-13)11-27/h1-3,12-13,27H,4-11H2,(H3,21,22,24,25)/t12-,13+/m1/s1. The van der Waals surface area contributed by atoms with Crippen molar-refractivity contribution in [3.8, 4) is 11.3 Å². The second-order valence-electron chi connectivity index (χ2n) is 7.28. The molecule has 0 aromatic carbocycles. The van der Waals surface area contributed by atoms with Crippen LogP contribution in [0, 0.1) is 5.92 Å². The van der Waals surface area contributed by atoms with E-state index in [-0.39, 0.29) is 23.8 Å². The van der Waals surface area contributed by atoms with Gasteiger partial charge in [-0.25, -0.2) is 9.97 Å². The molecule has 9 heteroatoms. The number of hydrogen-bond acceptors (Lipinski definition) is 8. The van der Waals surface area contributed by atoms with Crippen LogP contribution in [0.15, 0.2) is 18.2 Å². The Hall–Kier alpha value is -2.16. The van der Waals surface area contributed by atoms with Gasteiger partial charge in [-0.1, -0.05) is 17.7 Å². The number of nitrogens with two attached hydrogens (primary N) is 1. The Morgan fingerprint density at radius 1 is 1.21 bits per heavy atom. The van der Waals surface area contributed by atoms with Gasteiger partial charge in [-0.3, -0.25) is 0 Å². The van der Waals surface area contributed by atoms with Crippen LogP contribution in [0.5, 0.6) is 0 Å². The van der Waals surface area contributed by atoms with Crippen molar-refractivity contribution < 1.29 is 9.84 Å². The van der Waals surface area contributed by atoms with Crippen molar-refractivity contribution in [2.24, 2.45) is 5.92 Å². The number of aliphatic hydroxyl groups is 1. The highest BCUT2D eigenvalue weighted by atomic mass is 35.5. The van der Waals surface area contributed by atoms with Gasteiger partial charge in [-0.05, 0) is 37.3 Å². The third-order valence-corrected chi connectivity index (χ3v) is 5.62. The lowest BCUT2D eigenvalue weighted by atomic mass is 10.1. The number of morpholine rings is 1. The molecule has 2 aromatic heterocycles. The molecular formula is C19H25ClN6O2. The molecule has 0 spiro atoms. The van der Waals surface area contributed by atoms with Crippen molar-refractivity contribution in [1.82, 2.24) is 15.0 Å². The van der Waals surface area contributed by atoms with Crippen molar-refractivity contribution in [3.05, 3.63) is 23.4 Å². The monoisotopic (exact) mass is 404 g/mol. The molecule has 0 bridgehead atoms. The van der Waals surface area contributed by atoms with Gasteiger partial charge < -0.3 is 25.8 Å². The molecule has 1 aliphatic heterocycles. The van der Waals surface area contributed by atoms with Crippen LogP contribution in [0.2, 0.25) is 5.15 Å². The van der Waals surface area contributed by atoms with Crippen molar-refractivity contribution in [1.29, 1.82) is 0 Å². The van der Waals surface area contributed by atoms with Gasteiger partial charge in [-0.15, -0.1) is 0 Å². The maximum atomic E-state index is 9.41. The molecule has 2 aliphatic rings. The number of halogens is 1. The average Bonchev–Trinajstić information content (AvgIpc) is 3.16. The summed E-state index contributed by atoms with van der Waals surface area (Å²) in [5.41, 5.74) is 7.21.